The van der Waals surface area contributed by atoms with E-state index in [1.807, 2.05) is 0 Å². The first-order chi connectivity index (χ1) is 14.5. The van der Waals surface area contributed by atoms with Gasteiger partial charge in [-0.2, -0.15) is 0 Å². The van der Waals surface area contributed by atoms with Gasteiger partial charge in [0.1, 0.15) is 22.8 Å². The summed E-state index contributed by atoms with van der Waals surface area (Å²) < 4.78 is 38.9. The molecule has 0 atom stereocenters. The Kier molecular flexibility index (Phi) is 6.05. The lowest BCUT2D eigenvalue weighted by atomic mass is 10.1. The second-order valence-electron chi connectivity index (χ2n) is 7.71. The zero-order valence-electron chi connectivity index (χ0n) is 17.2. The highest BCUT2D eigenvalue weighted by Crippen LogP contribution is 2.32. The number of rotatable bonds is 5. The van der Waals surface area contributed by atoms with Crippen LogP contribution in [0, 0.1) is 11.6 Å². The van der Waals surface area contributed by atoms with E-state index in [1.54, 1.807) is 45.0 Å². The van der Waals surface area contributed by atoms with E-state index in [0.717, 1.165) is 17.7 Å². The fourth-order valence-corrected chi connectivity index (χ4v) is 2.75. The molecule has 9 heteroatoms. The number of hydrogen-bond acceptors (Lipinski definition) is 5. The van der Waals surface area contributed by atoms with Crippen molar-refractivity contribution in [2.75, 3.05) is 0 Å². The molecule has 31 heavy (non-hydrogen) atoms. The molecule has 0 aliphatic rings. The number of carbonyl (C=O) groups is 2. The summed E-state index contributed by atoms with van der Waals surface area (Å²) in [6, 6.07) is 9.90. The van der Waals surface area contributed by atoms with Crippen LogP contribution in [-0.4, -0.2) is 22.6 Å². The van der Waals surface area contributed by atoms with Gasteiger partial charge in [0, 0.05) is 12.1 Å². The van der Waals surface area contributed by atoms with Crippen molar-refractivity contribution in [3.63, 3.8) is 0 Å². The summed E-state index contributed by atoms with van der Waals surface area (Å²) in [5, 5.41) is 2.63. The molecule has 1 heterocycles. The van der Waals surface area contributed by atoms with E-state index in [2.05, 4.69) is 10.3 Å². The van der Waals surface area contributed by atoms with E-state index in [1.165, 1.54) is 6.07 Å². The van der Waals surface area contributed by atoms with Crippen molar-refractivity contribution in [2.24, 2.45) is 5.73 Å². The van der Waals surface area contributed by atoms with Crippen molar-refractivity contribution >= 4 is 12.0 Å². The average Bonchev–Trinajstić information content (AvgIpc) is 3.10. The summed E-state index contributed by atoms with van der Waals surface area (Å²) in [6.07, 6.45) is -0.556. The smallest absolute Gasteiger partial charge is 0.407 e. The van der Waals surface area contributed by atoms with Crippen molar-refractivity contribution in [1.82, 2.24) is 10.3 Å². The van der Waals surface area contributed by atoms with Crippen LogP contribution in [0.4, 0.5) is 13.6 Å². The van der Waals surface area contributed by atoms with E-state index in [0.29, 0.717) is 5.56 Å². The summed E-state index contributed by atoms with van der Waals surface area (Å²) in [4.78, 5) is 27.5. The van der Waals surface area contributed by atoms with Crippen LogP contribution < -0.4 is 11.1 Å². The van der Waals surface area contributed by atoms with Crippen molar-refractivity contribution < 1.29 is 27.5 Å². The standard InChI is InChI=1S/C22H21F2N3O4/c1-22(2,3)31-21(29)26-11-12-7-9-13(10-8-12)18-17(19(25)28)27-20(30-18)16-14(23)5-4-6-15(16)24/h4-10H,11H2,1-3H3,(H2,25,28)(H,26,29). The monoisotopic (exact) mass is 429 g/mol. The normalized spacial score (nSPS) is 11.3. The fourth-order valence-electron chi connectivity index (χ4n) is 2.75. The number of primary amides is 1. The molecule has 7 nitrogen and oxygen atoms in total. The molecule has 3 rings (SSSR count). The molecule has 0 saturated carbocycles. The number of aromatic nitrogens is 1. The topological polar surface area (TPSA) is 107 Å². The molecule has 162 valence electrons. The predicted molar refractivity (Wildman–Crippen MR) is 109 cm³/mol. The van der Waals surface area contributed by atoms with E-state index in [4.69, 9.17) is 14.9 Å². The number of ether oxygens (including phenoxy) is 1. The summed E-state index contributed by atoms with van der Waals surface area (Å²) in [7, 11) is 0. The van der Waals surface area contributed by atoms with Crippen LogP contribution >= 0.6 is 0 Å². The Morgan fingerprint density at radius 3 is 2.26 bits per heavy atom. The van der Waals surface area contributed by atoms with Gasteiger partial charge in [0.2, 0.25) is 5.89 Å². The molecular weight excluding hydrogens is 408 g/mol. The zero-order chi connectivity index (χ0) is 22.8. The third-order valence-corrected chi connectivity index (χ3v) is 4.09. The van der Waals surface area contributed by atoms with Crippen LogP contribution in [0.2, 0.25) is 0 Å². The van der Waals surface area contributed by atoms with Crippen LogP contribution in [-0.2, 0) is 11.3 Å². The molecule has 0 aliphatic carbocycles. The number of nitrogens with zero attached hydrogens (tertiary/aromatic N) is 1. The Labute approximate surface area is 177 Å². The number of oxazole rings is 1. The second kappa shape index (κ2) is 8.55. The van der Waals surface area contributed by atoms with E-state index < -0.39 is 40.7 Å². The molecule has 0 fully saturated rings. The second-order valence-corrected chi connectivity index (χ2v) is 7.71. The third-order valence-electron chi connectivity index (χ3n) is 4.09. The minimum atomic E-state index is -0.905. The number of nitrogens with two attached hydrogens (primary N) is 1. The molecule has 2 aromatic carbocycles. The van der Waals surface area contributed by atoms with Crippen LogP contribution in [0.5, 0.6) is 0 Å². The molecule has 0 saturated heterocycles. The molecular formula is C22H21F2N3O4. The van der Waals surface area contributed by atoms with Gasteiger partial charge >= 0.3 is 6.09 Å². The van der Waals surface area contributed by atoms with E-state index in [-0.39, 0.29) is 18.0 Å². The van der Waals surface area contributed by atoms with Gasteiger partial charge in [-0.25, -0.2) is 18.6 Å². The Balaban J connectivity index is 1.85. The average molecular weight is 429 g/mol. The first-order valence-corrected chi connectivity index (χ1v) is 9.36. The van der Waals surface area contributed by atoms with Crippen molar-refractivity contribution in [3.8, 4) is 22.8 Å². The summed E-state index contributed by atoms with van der Waals surface area (Å²) in [6.45, 7) is 5.49. The first-order valence-electron chi connectivity index (χ1n) is 9.36. The highest BCUT2D eigenvalue weighted by atomic mass is 19.1. The fraction of sp³-hybridized carbons (Fsp3) is 0.227. The van der Waals surface area contributed by atoms with Gasteiger partial charge in [0.05, 0.1) is 0 Å². The molecule has 0 spiro atoms. The maximum Gasteiger partial charge on any atom is 0.407 e. The number of nitrogens with one attached hydrogen (secondary N) is 1. The highest BCUT2D eigenvalue weighted by Gasteiger charge is 2.24. The summed E-state index contributed by atoms with van der Waals surface area (Å²) in [5.41, 5.74) is 5.18. The summed E-state index contributed by atoms with van der Waals surface area (Å²) >= 11 is 0. The Bertz CT molecular complexity index is 1100. The van der Waals surface area contributed by atoms with Crippen molar-refractivity contribution in [3.05, 3.63) is 65.4 Å². The third kappa shape index (κ3) is 5.25. The molecule has 3 aromatic rings. The minimum absolute atomic E-state index is 0.0168. The van der Waals surface area contributed by atoms with E-state index in [9.17, 15) is 18.4 Å². The Morgan fingerprint density at radius 1 is 1.10 bits per heavy atom. The lowest BCUT2D eigenvalue weighted by molar-refractivity contribution is 0.0523. The van der Waals surface area contributed by atoms with Crippen LogP contribution in [0.25, 0.3) is 22.8 Å². The van der Waals surface area contributed by atoms with Gasteiger partial charge in [0.25, 0.3) is 5.91 Å². The molecule has 2 amide bonds. The highest BCUT2D eigenvalue weighted by molar-refractivity contribution is 5.97. The van der Waals surface area contributed by atoms with Gasteiger partial charge in [-0.3, -0.25) is 4.79 Å². The lowest BCUT2D eigenvalue weighted by Gasteiger charge is -2.19. The number of carbonyl (C=O) groups excluding carboxylic acids is 2. The van der Waals surface area contributed by atoms with Gasteiger partial charge in [0.15, 0.2) is 11.5 Å². The number of hydrogen-bond donors (Lipinski definition) is 2. The SMILES string of the molecule is CC(C)(C)OC(=O)NCc1ccc(-c2oc(-c3c(F)cccc3F)nc2C(N)=O)cc1. The predicted octanol–water partition coefficient (Wildman–Crippen LogP) is 4.41. The van der Waals surface area contributed by atoms with Crippen LogP contribution in [0.3, 0.4) is 0 Å². The molecule has 0 aliphatic heterocycles. The number of benzene rings is 2. The Hall–Kier alpha value is -3.75. The van der Waals surface area contributed by atoms with Crippen LogP contribution in [0.15, 0.2) is 46.9 Å². The number of halogens is 2. The van der Waals surface area contributed by atoms with Gasteiger partial charge in [-0.15, -0.1) is 0 Å². The minimum Gasteiger partial charge on any atom is -0.444 e. The molecule has 0 radical (unpaired) electrons. The Morgan fingerprint density at radius 2 is 1.71 bits per heavy atom. The largest absolute Gasteiger partial charge is 0.444 e. The van der Waals surface area contributed by atoms with Gasteiger partial charge in [-0.05, 0) is 38.5 Å². The lowest BCUT2D eigenvalue weighted by Crippen LogP contribution is -2.32. The first kappa shape index (κ1) is 21.9. The zero-order valence-corrected chi connectivity index (χ0v) is 17.2. The van der Waals surface area contributed by atoms with Crippen LogP contribution in [0.1, 0.15) is 36.8 Å². The maximum atomic E-state index is 14.1. The van der Waals surface area contributed by atoms with Crippen molar-refractivity contribution in [2.45, 2.75) is 32.9 Å². The molecule has 3 N–H and O–H groups in total. The summed E-state index contributed by atoms with van der Waals surface area (Å²) in [5.74, 6) is -3.08. The number of alkyl carbamates (subject to hydrolysis) is 1. The van der Waals surface area contributed by atoms with Crippen molar-refractivity contribution in [1.29, 1.82) is 0 Å². The van der Waals surface area contributed by atoms with Gasteiger partial charge < -0.3 is 20.2 Å². The maximum absolute atomic E-state index is 14.1. The number of amides is 2. The van der Waals surface area contributed by atoms with Gasteiger partial charge in [-0.1, -0.05) is 30.3 Å². The molecule has 0 bridgehead atoms. The quantitative estimate of drug-likeness (QED) is 0.625. The van der Waals surface area contributed by atoms with E-state index >= 15 is 0 Å². The molecule has 0 unspecified atom stereocenters. The molecule has 1 aromatic heterocycles.